The summed E-state index contributed by atoms with van der Waals surface area (Å²) in [5.74, 6) is -3.46. The normalized spacial score (nSPS) is 16.3. The van der Waals surface area contributed by atoms with Crippen LogP contribution in [0.25, 0.3) is 0 Å². The molecule has 3 rings (SSSR count). The number of nitrogens with zero attached hydrogens (tertiary/aromatic N) is 2. The zero-order valence-electron chi connectivity index (χ0n) is 17.8. The molecule has 0 amide bonds. The zero-order valence-corrected chi connectivity index (χ0v) is 20.0. The molecule has 2 N–H and O–H groups in total. The molecule has 0 radical (unpaired) electrons. The highest BCUT2D eigenvalue weighted by Gasteiger charge is 2.43. The highest BCUT2D eigenvalue weighted by molar-refractivity contribution is 14.1. The molecule has 2 aromatic carbocycles. The quantitative estimate of drug-likeness (QED) is 0.425. The largest absolute Gasteiger partial charge is 0.466 e. The lowest BCUT2D eigenvalue weighted by Crippen LogP contribution is -2.40. The van der Waals surface area contributed by atoms with E-state index in [1.165, 1.54) is 6.07 Å². The second-order valence-corrected chi connectivity index (χ2v) is 8.28. The Morgan fingerprint density at radius 1 is 1.09 bits per heavy atom. The summed E-state index contributed by atoms with van der Waals surface area (Å²) in [7, 11) is 2.13. The number of esters is 2. The fraction of sp³-hybridized carbons (Fsp3) is 0.174. The zero-order chi connectivity index (χ0) is 25.2. The maximum atomic E-state index is 13.5. The number of carbonyl (C=O) groups is 2. The molecule has 1 atom stereocenters. The topological polar surface area (TPSA) is 106 Å². The van der Waals surface area contributed by atoms with Crippen LogP contribution in [0.4, 0.5) is 18.9 Å². The summed E-state index contributed by atoms with van der Waals surface area (Å²) in [6, 6.07) is 13.2. The van der Waals surface area contributed by atoms with Crippen molar-refractivity contribution in [3.8, 4) is 6.07 Å². The van der Waals surface area contributed by atoms with Gasteiger partial charge in [0, 0.05) is 9.26 Å². The maximum absolute atomic E-state index is 13.5. The van der Waals surface area contributed by atoms with Gasteiger partial charge in [0.25, 0.3) is 0 Å². The van der Waals surface area contributed by atoms with Crippen LogP contribution in [0, 0.1) is 14.9 Å². The van der Waals surface area contributed by atoms with Crippen LogP contribution in [0.1, 0.15) is 17.0 Å². The van der Waals surface area contributed by atoms with Crippen molar-refractivity contribution >= 4 is 40.2 Å². The number of nitrogens with two attached hydrogens (primary N) is 1. The molecule has 0 aromatic heterocycles. The number of ether oxygens (including phenoxy) is 2. The summed E-state index contributed by atoms with van der Waals surface area (Å²) in [5.41, 5.74) is 4.66. The van der Waals surface area contributed by atoms with Crippen molar-refractivity contribution in [1.82, 2.24) is 0 Å². The minimum atomic E-state index is -4.70. The number of nitriles is 1. The molecule has 2 aromatic rings. The van der Waals surface area contributed by atoms with Gasteiger partial charge < -0.3 is 15.2 Å². The van der Waals surface area contributed by atoms with Crippen LogP contribution >= 0.6 is 22.6 Å². The van der Waals surface area contributed by atoms with E-state index in [2.05, 4.69) is 0 Å². The van der Waals surface area contributed by atoms with E-state index < -0.39 is 35.3 Å². The molecule has 1 unspecified atom stereocenters. The van der Waals surface area contributed by atoms with Crippen LogP contribution in [0.5, 0.6) is 0 Å². The number of benzene rings is 2. The van der Waals surface area contributed by atoms with E-state index in [0.717, 1.165) is 31.3 Å². The van der Waals surface area contributed by atoms with Crippen LogP contribution in [-0.2, 0) is 25.2 Å². The first-order valence-corrected chi connectivity index (χ1v) is 10.7. The van der Waals surface area contributed by atoms with E-state index in [-0.39, 0.29) is 26.2 Å². The number of hydrogen-bond acceptors (Lipinski definition) is 7. The molecule has 0 bridgehead atoms. The molecule has 1 aliphatic heterocycles. The monoisotopic (exact) mass is 583 g/mol. The number of hydrogen-bond donors (Lipinski definition) is 1. The van der Waals surface area contributed by atoms with Crippen molar-refractivity contribution in [2.24, 2.45) is 5.73 Å². The second-order valence-electron chi connectivity index (χ2n) is 7.03. The molecule has 0 spiro atoms. The predicted octanol–water partition coefficient (Wildman–Crippen LogP) is 4.21. The van der Waals surface area contributed by atoms with Gasteiger partial charge in [-0.2, -0.15) is 18.4 Å². The Morgan fingerprint density at radius 2 is 1.71 bits per heavy atom. The number of anilines is 1. The first-order chi connectivity index (χ1) is 16.0. The Bertz CT molecular complexity index is 1250. The van der Waals surface area contributed by atoms with E-state index in [0.29, 0.717) is 5.56 Å². The molecule has 0 fully saturated rings. The molecule has 0 saturated heterocycles. The van der Waals surface area contributed by atoms with Crippen LogP contribution in [0.15, 0.2) is 71.2 Å². The summed E-state index contributed by atoms with van der Waals surface area (Å²) < 4.78 is 50.5. The first kappa shape index (κ1) is 25.1. The Kier molecular flexibility index (Phi) is 7.21. The van der Waals surface area contributed by atoms with Crippen molar-refractivity contribution in [3.05, 3.63) is 85.9 Å². The fourth-order valence-electron chi connectivity index (χ4n) is 3.65. The third-order valence-corrected chi connectivity index (χ3v) is 5.70. The molecule has 0 saturated carbocycles. The van der Waals surface area contributed by atoms with Crippen molar-refractivity contribution < 1.29 is 32.2 Å². The van der Waals surface area contributed by atoms with Crippen molar-refractivity contribution in [3.63, 3.8) is 0 Å². The van der Waals surface area contributed by atoms with Gasteiger partial charge >= 0.3 is 18.1 Å². The van der Waals surface area contributed by atoms with Gasteiger partial charge in [-0.3, -0.25) is 4.90 Å². The molecule has 34 heavy (non-hydrogen) atoms. The molecule has 11 heteroatoms. The van der Waals surface area contributed by atoms with Gasteiger partial charge in [0.1, 0.15) is 11.5 Å². The number of allylic oxidation sites excluding steroid dienone is 1. The van der Waals surface area contributed by atoms with E-state index >= 15 is 0 Å². The summed E-state index contributed by atoms with van der Waals surface area (Å²) in [6.07, 6.45) is -4.70. The Morgan fingerprint density at radius 3 is 2.24 bits per heavy atom. The Hall–Kier alpha value is -3.53. The van der Waals surface area contributed by atoms with Gasteiger partial charge in [-0.15, -0.1) is 0 Å². The van der Waals surface area contributed by atoms with E-state index in [1.54, 1.807) is 52.9 Å². The van der Waals surface area contributed by atoms with Crippen LogP contribution in [0.2, 0.25) is 0 Å². The van der Waals surface area contributed by atoms with Gasteiger partial charge in [-0.1, -0.05) is 30.3 Å². The minimum Gasteiger partial charge on any atom is -0.466 e. The van der Waals surface area contributed by atoms with Gasteiger partial charge in [-0.05, 0) is 46.4 Å². The second kappa shape index (κ2) is 9.76. The van der Waals surface area contributed by atoms with Crippen LogP contribution in [-0.4, -0.2) is 26.2 Å². The van der Waals surface area contributed by atoms with Gasteiger partial charge in [0.05, 0.1) is 42.9 Å². The van der Waals surface area contributed by atoms with Crippen molar-refractivity contribution in [2.75, 3.05) is 19.1 Å². The molecule has 7 nitrogen and oxygen atoms in total. The summed E-state index contributed by atoms with van der Waals surface area (Å²) in [5, 5.41) is 9.96. The fourth-order valence-corrected chi connectivity index (χ4v) is 4.30. The molecule has 176 valence electrons. The predicted molar refractivity (Wildman–Crippen MR) is 124 cm³/mol. The maximum Gasteiger partial charge on any atom is 0.416 e. The standard InChI is InChI=1S/C23H17F3IN3O4/c1-33-21(31)18-17(12-6-4-3-5-7-12)16(11-28)20(29)30(19(18)22(32)34-2)15-9-13(23(24,25)26)8-14(27)10-15/h3-10,17H,29H2,1-2H3. The number of halogens is 4. The summed E-state index contributed by atoms with van der Waals surface area (Å²) >= 11 is 1.69. The highest BCUT2D eigenvalue weighted by atomic mass is 127. The average molecular weight is 583 g/mol. The number of carbonyl (C=O) groups excluding carboxylic acids is 2. The Balaban J connectivity index is 2.44. The van der Waals surface area contributed by atoms with Crippen LogP contribution in [0.3, 0.4) is 0 Å². The number of alkyl halides is 3. The SMILES string of the molecule is COC(=O)C1=C(C(=O)OC)N(c2cc(I)cc(C(F)(F)F)c2)C(N)=C(C#N)C1c1ccccc1. The first-order valence-electron chi connectivity index (χ1n) is 9.58. The van der Waals surface area contributed by atoms with Gasteiger partial charge in [-0.25, -0.2) is 9.59 Å². The Labute approximate surface area is 206 Å². The molecular formula is C23H17F3IN3O4. The molecule has 0 aliphatic carbocycles. The third-order valence-electron chi connectivity index (χ3n) is 5.08. The van der Waals surface area contributed by atoms with E-state index in [9.17, 15) is 28.0 Å². The molecule has 1 aliphatic rings. The van der Waals surface area contributed by atoms with E-state index in [1.807, 2.05) is 6.07 Å². The number of methoxy groups -OCH3 is 2. The molecular weight excluding hydrogens is 566 g/mol. The van der Waals surface area contributed by atoms with E-state index in [4.69, 9.17) is 15.2 Å². The van der Waals surface area contributed by atoms with Crippen molar-refractivity contribution in [1.29, 1.82) is 5.26 Å². The lowest BCUT2D eigenvalue weighted by Gasteiger charge is -2.36. The third kappa shape index (κ3) is 4.58. The van der Waals surface area contributed by atoms with Crippen molar-refractivity contribution in [2.45, 2.75) is 12.1 Å². The smallest absolute Gasteiger partial charge is 0.416 e. The highest BCUT2D eigenvalue weighted by Crippen LogP contribution is 2.44. The molecule has 1 heterocycles. The summed E-state index contributed by atoms with van der Waals surface area (Å²) in [4.78, 5) is 26.8. The average Bonchev–Trinajstić information content (AvgIpc) is 2.81. The lowest BCUT2D eigenvalue weighted by molar-refractivity contribution is -0.139. The summed E-state index contributed by atoms with van der Waals surface area (Å²) in [6.45, 7) is 0. The van der Waals surface area contributed by atoms with Crippen LogP contribution < -0.4 is 10.6 Å². The minimum absolute atomic E-state index is 0.147. The lowest BCUT2D eigenvalue weighted by atomic mass is 9.81. The van der Waals surface area contributed by atoms with Gasteiger partial charge in [0.15, 0.2) is 0 Å². The number of rotatable bonds is 4. The van der Waals surface area contributed by atoms with Gasteiger partial charge in [0.2, 0.25) is 0 Å².